The number of rotatable bonds is 6. The molecule has 0 amide bonds. The predicted molar refractivity (Wildman–Crippen MR) is 63.3 cm³/mol. The molecule has 94 valence electrons. The molecule has 0 aromatic heterocycles. The molecule has 5 nitrogen and oxygen atoms in total. The molecule has 16 heavy (non-hydrogen) atoms. The number of nitrogens with one attached hydrogen (secondary N) is 2. The third-order valence-corrected chi connectivity index (χ3v) is 4.84. The van der Waals surface area contributed by atoms with Crippen LogP contribution in [0.25, 0.3) is 0 Å². The largest absolute Gasteiger partial charge is 0.313 e. The van der Waals surface area contributed by atoms with E-state index in [0.29, 0.717) is 25.0 Å². The Morgan fingerprint density at radius 3 is 2.56 bits per heavy atom. The molecule has 1 heterocycles. The van der Waals surface area contributed by atoms with Gasteiger partial charge in [0.15, 0.2) is 0 Å². The predicted octanol–water partition coefficient (Wildman–Crippen LogP) is -0.0854. The summed E-state index contributed by atoms with van der Waals surface area (Å²) in [7, 11) is -1.78. The Balaban J connectivity index is 1.95. The van der Waals surface area contributed by atoms with Gasteiger partial charge in [-0.05, 0) is 38.1 Å². The van der Waals surface area contributed by atoms with Crippen molar-refractivity contribution in [3.63, 3.8) is 0 Å². The van der Waals surface area contributed by atoms with Crippen molar-refractivity contribution < 1.29 is 8.42 Å². The maximum Gasteiger partial charge on any atom is 0.279 e. The lowest BCUT2D eigenvalue weighted by Crippen LogP contribution is -2.46. The van der Waals surface area contributed by atoms with Crippen LogP contribution in [-0.2, 0) is 10.2 Å². The van der Waals surface area contributed by atoms with E-state index >= 15 is 0 Å². The monoisotopic (exact) mass is 247 g/mol. The molecule has 0 aromatic rings. The lowest BCUT2D eigenvalue weighted by molar-refractivity contribution is 0.355. The highest BCUT2D eigenvalue weighted by Crippen LogP contribution is 2.30. The van der Waals surface area contributed by atoms with E-state index < -0.39 is 10.2 Å². The van der Waals surface area contributed by atoms with Crippen LogP contribution in [0.3, 0.4) is 0 Å². The van der Waals surface area contributed by atoms with Gasteiger partial charge in [-0.15, -0.1) is 0 Å². The van der Waals surface area contributed by atoms with Crippen molar-refractivity contribution in [2.75, 3.05) is 26.7 Å². The van der Waals surface area contributed by atoms with Crippen molar-refractivity contribution in [3.8, 4) is 0 Å². The van der Waals surface area contributed by atoms with Crippen LogP contribution in [0.5, 0.6) is 0 Å². The smallest absolute Gasteiger partial charge is 0.279 e. The van der Waals surface area contributed by atoms with E-state index in [9.17, 15) is 8.42 Å². The first-order valence-corrected chi connectivity index (χ1v) is 7.48. The van der Waals surface area contributed by atoms with Gasteiger partial charge in [-0.2, -0.15) is 12.7 Å². The molecule has 1 atom stereocenters. The van der Waals surface area contributed by atoms with Crippen LogP contribution >= 0.6 is 0 Å². The van der Waals surface area contributed by atoms with Crippen molar-refractivity contribution in [1.82, 2.24) is 14.3 Å². The number of nitrogens with zero attached hydrogens (tertiary/aromatic N) is 1. The molecule has 6 heteroatoms. The van der Waals surface area contributed by atoms with Gasteiger partial charge in [0.1, 0.15) is 0 Å². The van der Waals surface area contributed by atoms with Gasteiger partial charge in [-0.3, -0.25) is 0 Å². The third kappa shape index (κ3) is 3.16. The summed E-state index contributed by atoms with van der Waals surface area (Å²) in [6.07, 6.45) is 4.59. The van der Waals surface area contributed by atoms with E-state index in [1.165, 1.54) is 19.9 Å². The first kappa shape index (κ1) is 12.3. The summed E-state index contributed by atoms with van der Waals surface area (Å²) >= 11 is 0. The molecule has 1 aliphatic carbocycles. The average molecular weight is 247 g/mol. The highest BCUT2D eigenvalue weighted by atomic mass is 32.2. The molecule has 0 spiro atoms. The van der Waals surface area contributed by atoms with Crippen molar-refractivity contribution in [2.45, 2.75) is 31.7 Å². The van der Waals surface area contributed by atoms with E-state index in [-0.39, 0.29) is 0 Å². The summed E-state index contributed by atoms with van der Waals surface area (Å²) in [5.41, 5.74) is 0. The molecule has 0 bridgehead atoms. The normalized spacial score (nSPS) is 26.5. The highest BCUT2D eigenvalue weighted by Gasteiger charge is 2.31. The second kappa shape index (κ2) is 5.00. The highest BCUT2D eigenvalue weighted by molar-refractivity contribution is 7.87. The Labute approximate surface area is 97.8 Å². The van der Waals surface area contributed by atoms with Gasteiger partial charge < -0.3 is 5.32 Å². The molecule has 1 aliphatic heterocycles. The van der Waals surface area contributed by atoms with E-state index in [1.807, 2.05) is 0 Å². The molecule has 2 aliphatic rings. The second-order valence-electron chi connectivity index (χ2n) is 4.76. The van der Waals surface area contributed by atoms with Crippen molar-refractivity contribution in [2.24, 2.45) is 5.92 Å². The van der Waals surface area contributed by atoms with Gasteiger partial charge >= 0.3 is 0 Å². The zero-order valence-electron chi connectivity index (χ0n) is 9.78. The Bertz CT molecular complexity index is 321. The fourth-order valence-electron chi connectivity index (χ4n) is 2.15. The molecule has 1 unspecified atom stereocenters. The fourth-order valence-corrected chi connectivity index (χ4v) is 3.19. The first-order valence-electron chi connectivity index (χ1n) is 6.04. The third-order valence-electron chi connectivity index (χ3n) is 3.34. The summed E-state index contributed by atoms with van der Waals surface area (Å²) in [5.74, 6) is 0.588. The van der Waals surface area contributed by atoms with Crippen LogP contribution in [0, 0.1) is 5.92 Å². The van der Waals surface area contributed by atoms with Crippen molar-refractivity contribution in [3.05, 3.63) is 0 Å². The average Bonchev–Trinajstić information content (AvgIpc) is 2.92. The van der Waals surface area contributed by atoms with E-state index in [4.69, 9.17) is 0 Å². The minimum absolute atomic E-state index is 0.335. The van der Waals surface area contributed by atoms with E-state index in [0.717, 1.165) is 19.4 Å². The maximum absolute atomic E-state index is 11.8. The van der Waals surface area contributed by atoms with Crippen molar-refractivity contribution >= 4 is 10.2 Å². The quantitative estimate of drug-likeness (QED) is 0.690. The van der Waals surface area contributed by atoms with Gasteiger partial charge in [0.05, 0.1) is 0 Å². The minimum Gasteiger partial charge on any atom is -0.313 e. The van der Waals surface area contributed by atoms with Crippen LogP contribution in [0.15, 0.2) is 0 Å². The molecule has 2 rings (SSSR count). The molecule has 0 radical (unpaired) electrons. The zero-order chi connectivity index (χ0) is 11.6. The van der Waals surface area contributed by atoms with Crippen LogP contribution < -0.4 is 10.0 Å². The van der Waals surface area contributed by atoms with Crippen LogP contribution in [0.4, 0.5) is 0 Å². The summed E-state index contributed by atoms with van der Waals surface area (Å²) in [6.45, 7) is 2.31. The fraction of sp³-hybridized carbons (Fsp3) is 1.00. The van der Waals surface area contributed by atoms with Gasteiger partial charge in [0, 0.05) is 26.2 Å². The Morgan fingerprint density at radius 2 is 2.06 bits per heavy atom. The van der Waals surface area contributed by atoms with Crippen LogP contribution in [-0.4, -0.2) is 45.4 Å². The van der Waals surface area contributed by atoms with E-state index in [2.05, 4.69) is 10.0 Å². The molecule has 2 N–H and O–H groups in total. The maximum atomic E-state index is 11.8. The van der Waals surface area contributed by atoms with Crippen molar-refractivity contribution in [1.29, 1.82) is 0 Å². The Morgan fingerprint density at radius 1 is 1.31 bits per heavy atom. The molecule has 0 aromatic carbocycles. The Hall–Kier alpha value is -0.170. The summed E-state index contributed by atoms with van der Waals surface area (Å²) in [6, 6.07) is 0.335. The molecule has 1 saturated carbocycles. The molecular formula is C10H21N3O2S. The lowest BCUT2D eigenvalue weighted by atomic mass is 10.2. The topological polar surface area (TPSA) is 61.4 Å². The first-order chi connectivity index (χ1) is 7.62. The molecular weight excluding hydrogens is 226 g/mol. The lowest BCUT2D eigenvalue weighted by Gasteiger charge is -2.24. The molecule has 2 fully saturated rings. The summed E-state index contributed by atoms with van der Waals surface area (Å²) in [4.78, 5) is 0. The number of hydrogen-bond acceptors (Lipinski definition) is 3. The minimum atomic E-state index is -3.26. The summed E-state index contributed by atoms with van der Waals surface area (Å²) < 4.78 is 27.7. The van der Waals surface area contributed by atoms with Gasteiger partial charge in [0.2, 0.25) is 0 Å². The summed E-state index contributed by atoms with van der Waals surface area (Å²) in [5, 5.41) is 3.34. The number of hydrogen-bond donors (Lipinski definition) is 2. The second-order valence-corrected chi connectivity index (χ2v) is 6.64. The van der Waals surface area contributed by atoms with Crippen LogP contribution in [0.2, 0.25) is 0 Å². The van der Waals surface area contributed by atoms with E-state index in [1.54, 1.807) is 4.31 Å². The zero-order valence-corrected chi connectivity index (χ0v) is 10.6. The SMILES string of the molecule is CNS(=O)(=O)N(CC1CC1)CC1CCCN1. The van der Waals surface area contributed by atoms with Gasteiger partial charge in [-0.25, -0.2) is 4.72 Å². The van der Waals surface area contributed by atoms with Crippen LogP contribution in [0.1, 0.15) is 25.7 Å². The van der Waals surface area contributed by atoms with Gasteiger partial charge in [0.25, 0.3) is 10.2 Å². The Kier molecular flexibility index (Phi) is 3.84. The van der Waals surface area contributed by atoms with Gasteiger partial charge in [-0.1, -0.05) is 0 Å². The molecule has 1 saturated heterocycles. The standard InChI is InChI=1S/C10H21N3O2S/c1-11-16(14,15)13(7-9-4-5-9)8-10-3-2-6-12-10/h9-12H,2-8H2,1H3.